The number of carbonyl (C=O) groups excluding carboxylic acids is 1. The van der Waals surface area contributed by atoms with Crippen molar-refractivity contribution in [3.05, 3.63) is 30.0 Å². The number of esters is 1. The van der Waals surface area contributed by atoms with Crippen LogP contribution in [0.2, 0.25) is 0 Å². The van der Waals surface area contributed by atoms with E-state index in [1.54, 1.807) is 0 Å². The Labute approximate surface area is 130 Å². The summed E-state index contributed by atoms with van der Waals surface area (Å²) in [5.41, 5.74) is 1.50. The lowest BCUT2D eigenvalue weighted by Crippen LogP contribution is -2.25. The molecule has 1 aliphatic heterocycles. The van der Waals surface area contributed by atoms with Crippen LogP contribution in [0.5, 0.6) is 0 Å². The van der Waals surface area contributed by atoms with Crippen molar-refractivity contribution in [2.45, 2.75) is 45.3 Å². The molecule has 1 aromatic heterocycles. The fraction of sp³-hybridized carbons (Fsp3) is 0.529. The van der Waals surface area contributed by atoms with Crippen molar-refractivity contribution < 1.29 is 14.3 Å². The fourth-order valence-corrected chi connectivity index (χ4v) is 2.84. The van der Waals surface area contributed by atoms with E-state index in [0.717, 1.165) is 29.5 Å². The maximum atomic E-state index is 12.1. The predicted octanol–water partition coefficient (Wildman–Crippen LogP) is 2.88. The van der Waals surface area contributed by atoms with Gasteiger partial charge in [-0.3, -0.25) is 9.48 Å². The highest BCUT2D eigenvalue weighted by Crippen LogP contribution is 2.27. The summed E-state index contributed by atoms with van der Waals surface area (Å²) >= 11 is 0. The van der Waals surface area contributed by atoms with Crippen molar-refractivity contribution in [2.24, 2.45) is 0 Å². The van der Waals surface area contributed by atoms with Crippen LogP contribution in [-0.4, -0.2) is 34.6 Å². The lowest BCUT2D eigenvalue weighted by Gasteiger charge is -2.20. The number of para-hydroxylation sites is 1. The minimum Gasteiger partial charge on any atom is -0.460 e. The maximum absolute atomic E-state index is 12.1. The zero-order valence-electron chi connectivity index (χ0n) is 13.3. The SMILES string of the molecule is CC(C)(C)OC(=O)Cc1cccc2cnn(C3CCOC3)c12. The van der Waals surface area contributed by atoms with Crippen molar-refractivity contribution in [1.29, 1.82) is 0 Å². The molecule has 1 saturated heterocycles. The number of benzene rings is 1. The number of ether oxygens (including phenoxy) is 2. The average Bonchev–Trinajstić information content (AvgIpc) is 3.05. The van der Waals surface area contributed by atoms with E-state index < -0.39 is 5.60 Å². The molecule has 22 heavy (non-hydrogen) atoms. The van der Waals surface area contributed by atoms with E-state index in [-0.39, 0.29) is 18.4 Å². The van der Waals surface area contributed by atoms with Crippen molar-refractivity contribution in [1.82, 2.24) is 9.78 Å². The van der Waals surface area contributed by atoms with Gasteiger partial charge >= 0.3 is 5.97 Å². The van der Waals surface area contributed by atoms with Crippen LogP contribution in [0.15, 0.2) is 24.4 Å². The van der Waals surface area contributed by atoms with E-state index >= 15 is 0 Å². The van der Waals surface area contributed by atoms with Gasteiger partial charge < -0.3 is 9.47 Å². The lowest BCUT2D eigenvalue weighted by atomic mass is 10.1. The standard InChI is InChI=1S/C17H22N2O3/c1-17(2,3)22-15(20)9-12-5-4-6-13-10-18-19(16(12)13)14-7-8-21-11-14/h4-6,10,14H,7-9,11H2,1-3H3. The minimum absolute atomic E-state index is 0.213. The molecule has 0 N–H and O–H groups in total. The topological polar surface area (TPSA) is 53.3 Å². The number of fused-ring (bicyclic) bond motifs is 1. The van der Waals surface area contributed by atoms with Crippen LogP contribution in [0.4, 0.5) is 0 Å². The molecule has 0 bridgehead atoms. The molecule has 5 heteroatoms. The highest BCUT2D eigenvalue weighted by atomic mass is 16.6. The zero-order chi connectivity index (χ0) is 15.7. The first-order chi connectivity index (χ1) is 10.4. The first-order valence-corrected chi connectivity index (χ1v) is 7.69. The highest BCUT2D eigenvalue weighted by molar-refractivity contribution is 5.86. The van der Waals surface area contributed by atoms with Crippen LogP contribution in [0.1, 0.15) is 38.8 Å². The smallest absolute Gasteiger partial charge is 0.310 e. The number of rotatable bonds is 3. The van der Waals surface area contributed by atoms with Gasteiger partial charge in [0.15, 0.2) is 0 Å². The quantitative estimate of drug-likeness (QED) is 0.818. The average molecular weight is 302 g/mol. The van der Waals surface area contributed by atoms with Gasteiger partial charge in [-0.05, 0) is 32.8 Å². The van der Waals surface area contributed by atoms with Gasteiger partial charge in [0.1, 0.15) is 5.60 Å². The van der Waals surface area contributed by atoms with Gasteiger partial charge in [0.25, 0.3) is 0 Å². The molecular weight excluding hydrogens is 280 g/mol. The van der Waals surface area contributed by atoms with Gasteiger partial charge in [0.05, 0.1) is 30.8 Å². The van der Waals surface area contributed by atoms with E-state index in [0.29, 0.717) is 6.61 Å². The monoisotopic (exact) mass is 302 g/mol. The Hall–Kier alpha value is -1.88. The number of aromatic nitrogens is 2. The van der Waals surface area contributed by atoms with Crippen LogP contribution in [0.25, 0.3) is 10.9 Å². The molecule has 1 aliphatic rings. The molecule has 118 valence electrons. The Balaban J connectivity index is 1.92. The normalized spacial score (nSPS) is 18.8. The van der Waals surface area contributed by atoms with Gasteiger partial charge in [0, 0.05) is 12.0 Å². The number of hydrogen-bond donors (Lipinski definition) is 0. The van der Waals surface area contributed by atoms with Crippen LogP contribution in [-0.2, 0) is 20.7 Å². The van der Waals surface area contributed by atoms with Crippen LogP contribution in [0.3, 0.4) is 0 Å². The largest absolute Gasteiger partial charge is 0.460 e. The van der Waals surface area contributed by atoms with Gasteiger partial charge in [-0.25, -0.2) is 0 Å². The Morgan fingerprint density at radius 1 is 1.45 bits per heavy atom. The second-order valence-corrected chi connectivity index (χ2v) is 6.72. The van der Waals surface area contributed by atoms with E-state index in [2.05, 4.69) is 5.10 Å². The summed E-state index contributed by atoms with van der Waals surface area (Å²) in [6.07, 6.45) is 3.07. The molecule has 1 atom stereocenters. The first kappa shape index (κ1) is 15.0. The molecule has 0 aliphatic carbocycles. The molecule has 1 aromatic carbocycles. The molecule has 0 saturated carbocycles. The zero-order valence-corrected chi connectivity index (χ0v) is 13.3. The lowest BCUT2D eigenvalue weighted by molar-refractivity contribution is -0.153. The molecule has 1 fully saturated rings. The maximum Gasteiger partial charge on any atom is 0.310 e. The second kappa shape index (κ2) is 5.72. The van der Waals surface area contributed by atoms with Gasteiger partial charge in [-0.15, -0.1) is 0 Å². The molecule has 0 amide bonds. The van der Waals surface area contributed by atoms with E-state index in [1.165, 1.54) is 0 Å². The molecule has 0 spiro atoms. The minimum atomic E-state index is -0.468. The van der Waals surface area contributed by atoms with Gasteiger partial charge in [0.2, 0.25) is 0 Å². The summed E-state index contributed by atoms with van der Waals surface area (Å²) in [5, 5.41) is 5.55. The predicted molar refractivity (Wildman–Crippen MR) is 83.8 cm³/mol. The number of carbonyl (C=O) groups is 1. The van der Waals surface area contributed by atoms with Crippen molar-refractivity contribution in [3.8, 4) is 0 Å². The van der Waals surface area contributed by atoms with Crippen molar-refractivity contribution in [2.75, 3.05) is 13.2 Å². The van der Waals surface area contributed by atoms with Gasteiger partial charge in [-0.1, -0.05) is 18.2 Å². The summed E-state index contributed by atoms with van der Waals surface area (Å²) in [7, 11) is 0. The summed E-state index contributed by atoms with van der Waals surface area (Å²) < 4.78 is 12.9. The van der Waals surface area contributed by atoms with E-state index in [4.69, 9.17) is 9.47 Å². The Morgan fingerprint density at radius 3 is 2.95 bits per heavy atom. The summed E-state index contributed by atoms with van der Waals surface area (Å²) in [4.78, 5) is 12.1. The Kier molecular flexibility index (Phi) is 3.91. The molecule has 0 radical (unpaired) electrons. The molecule has 3 rings (SSSR count). The molecule has 2 aromatic rings. The van der Waals surface area contributed by atoms with Crippen molar-refractivity contribution in [3.63, 3.8) is 0 Å². The summed E-state index contributed by atoms with van der Waals surface area (Å²) in [6, 6.07) is 6.20. The van der Waals surface area contributed by atoms with Crippen LogP contribution < -0.4 is 0 Å². The second-order valence-electron chi connectivity index (χ2n) is 6.72. The molecule has 2 heterocycles. The first-order valence-electron chi connectivity index (χ1n) is 7.69. The Morgan fingerprint density at radius 2 is 2.27 bits per heavy atom. The van der Waals surface area contributed by atoms with Crippen LogP contribution in [0, 0.1) is 0 Å². The third kappa shape index (κ3) is 3.14. The summed E-state index contributed by atoms with van der Waals surface area (Å²) in [5.74, 6) is -0.213. The third-order valence-electron chi connectivity index (χ3n) is 3.71. The van der Waals surface area contributed by atoms with Gasteiger partial charge in [-0.2, -0.15) is 5.10 Å². The number of hydrogen-bond acceptors (Lipinski definition) is 4. The van der Waals surface area contributed by atoms with Crippen LogP contribution >= 0.6 is 0 Å². The van der Waals surface area contributed by atoms with E-state index in [9.17, 15) is 4.79 Å². The molecular formula is C17H22N2O3. The molecule has 1 unspecified atom stereocenters. The van der Waals surface area contributed by atoms with E-state index in [1.807, 2.05) is 49.8 Å². The third-order valence-corrected chi connectivity index (χ3v) is 3.71. The summed E-state index contributed by atoms with van der Waals surface area (Å²) in [6.45, 7) is 7.08. The number of nitrogens with zero attached hydrogens (tertiary/aromatic N) is 2. The van der Waals surface area contributed by atoms with Crippen molar-refractivity contribution >= 4 is 16.9 Å². The fourth-order valence-electron chi connectivity index (χ4n) is 2.84. The highest BCUT2D eigenvalue weighted by Gasteiger charge is 2.23. The molecule has 5 nitrogen and oxygen atoms in total. The Bertz CT molecular complexity index is 679.